The second kappa shape index (κ2) is 8.49. The van der Waals surface area contributed by atoms with Gasteiger partial charge in [-0.05, 0) is 56.7 Å². The van der Waals surface area contributed by atoms with E-state index >= 15 is 0 Å². The van der Waals surface area contributed by atoms with E-state index in [0.29, 0.717) is 6.04 Å². The third kappa shape index (κ3) is 4.83. The van der Waals surface area contributed by atoms with Crippen LogP contribution in [0.1, 0.15) is 69.9 Å². The molecule has 3 rings (SSSR count). The van der Waals surface area contributed by atoms with Crippen molar-refractivity contribution in [3.63, 3.8) is 0 Å². The van der Waals surface area contributed by atoms with Crippen LogP contribution >= 0.6 is 0 Å². The Bertz CT molecular complexity index is 626. The van der Waals surface area contributed by atoms with Gasteiger partial charge in [0.2, 0.25) is 0 Å². The Hall–Kier alpha value is -1.86. The molecular formula is C21H28N2O2. The number of esters is 1. The highest BCUT2D eigenvalue weighted by Crippen LogP contribution is 2.32. The van der Waals surface area contributed by atoms with Gasteiger partial charge in [-0.1, -0.05) is 30.7 Å². The van der Waals surface area contributed by atoms with Crippen LogP contribution in [0, 0.1) is 11.8 Å². The number of hydrogen-bond acceptors (Lipinski definition) is 4. The zero-order chi connectivity index (χ0) is 17.5. The second-order valence-corrected chi connectivity index (χ2v) is 7.22. The summed E-state index contributed by atoms with van der Waals surface area (Å²) in [6.07, 6.45) is 12.5. The molecule has 1 aromatic heterocycles. The van der Waals surface area contributed by atoms with E-state index in [4.69, 9.17) is 4.74 Å². The first-order valence-corrected chi connectivity index (χ1v) is 9.52. The van der Waals surface area contributed by atoms with Crippen molar-refractivity contribution in [3.8, 4) is 11.8 Å². The molecule has 2 aliphatic rings. The number of aromatic nitrogens is 1. The summed E-state index contributed by atoms with van der Waals surface area (Å²) in [5.41, 5.74) is 0.722. The molecular weight excluding hydrogens is 312 g/mol. The largest absolute Gasteiger partial charge is 0.446 e. The fourth-order valence-corrected chi connectivity index (χ4v) is 4.08. The van der Waals surface area contributed by atoms with Crippen LogP contribution in [0.2, 0.25) is 0 Å². The molecule has 4 heteroatoms. The molecule has 1 aliphatic carbocycles. The summed E-state index contributed by atoms with van der Waals surface area (Å²) in [6, 6.07) is 4.56. The minimum Gasteiger partial charge on any atom is -0.446 e. The van der Waals surface area contributed by atoms with E-state index in [0.717, 1.165) is 45.2 Å². The number of pyridine rings is 1. The van der Waals surface area contributed by atoms with Crippen molar-refractivity contribution in [2.24, 2.45) is 0 Å². The van der Waals surface area contributed by atoms with Crippen molar-refractivity contribution in [2.75, 3.05) is 13.1 Å². The standard InChI is InChI=1S/C21H28N2O2/c1-18(24)25-21(11-4-2-5-12-21)13-8-16-23-15-6-3-10-20(23)19-9-7-14-22-17-19/h7,9,14,17,20H,2-6,10-12,15-16H2,1H3. The van der Waals surface area contributed by atoms with Gasteiger partial charge in [-0.15, -0.1) is 0 Å². The lowest BCUT2D eigenvalue weighted by Gasteiger charge is -2.35. The molecule has 25 heavy (non-hydrogen) atoms. The second-order valence-electron chi connectivity index (χ2n) is 7.22. The van der Waals surface area contributed by atoms with Gasteiger partial charge in [0.15, 0.2) is 5.60 Å². The van der Waals surface area contributed by atoms with Crippen LogP contribution < -0.4 is 0 Å². The molecule has 1 aromatic rings. The average Bonchev–Trinajstić information content (AvgIpc) is 2.63. The number of rotatable bonds is 3. The predicted octanol–water partition coefficient (Wildman–Crippen LogP) is 3.88. The Morgan fingerprint density at radius 3 is 2.88 bits per heavy atom. The van der Waals surface area contributed by atoms with Crippen molar-refractivity contribution < 1.29 is 9.53 Å². The monoisotopic (exact) mass is 340 g/mol. The van der Waals surface area contributed by atoms with E-state index in [1.54, 1.807) is 0 Å². The smallest absolute Gasteiger partial charge is 0.304 e. The molecule has 1 saturated heterocycles. The maximum absolute atomic E-state index is 11.5. The van der Waals surface area contributed by atoms with Crippen LogP contribution in [0.3, 0.4) is 0 Å². The minimum atomic E-state index is -0.552. The topological polar surface area (TPSA) is 42.4 Å². The van der Waals surface area contributed by atoms with E-state index in [2.05, 4.69) is 27.8 Å². The summed E-state index contributed by atoms with van der Waals surface area (Å²) in [4.78, 5) is 18.2. The Kier molecular flexibility index (Phi) is 6.09. The first-order chi connectivity index (χ1) is 12.2. The molecule has 0 spiro atoms. The first-order valence-electron chi connectivity index (χ1n) is 9.52. The summed E-state index contributed by atoms with van der Waals surface area (Å²) in [6.45, 7) is 3.28. The fourth-order valence-electron chi connectivity index (χ4n) is 4.08. The third-order valence-corrected chi connectivity index (χ3v) is 5.28. The van der Waals surface area contributed by atoms with Gasteiger partial charge in [0.1, 0.15) is 0 Å². The highest BCUT2D eigenvalue weighted by Gasteiger charge is 2.33. The maximum atomic E-state index is 11.5. The quantitative estimate of drug-likeness (QED) is 0.619. The summed E-state index contributed by atoms with van der Waals surface area (Å²) >= 11 is 0. The van der Waals surface area contributed by atoms with Gasteiger partial charge in [-0.25, -0.2) is 0 Å². The van der Waals surface area contributed by atoms with E-state index in [1.807, 2.05) is 18.5 Å². The molecule has 0 aromatic carbocycles. The summed E-state index contributed by atoms with van der Waals surface area (Å²) in [5, 5.41) is 0. The Balaban J connectivity index is 1.70. The molecule has 134 valence electrons. The molecule has 1 aliphatic heterocycles. The van der Waals surface area contributed by atoms with Crippen molar-refractivity contribution in [1.29, 1.82) is 0 Å². The van der Waals surface area contributed by atoms with Crippen molar-refractivity contribution in [3.05, 3.63) is 30.1 Å². The Morgan fingerprint density at radius 1 is 1.32 bits per heavy atom. The number of carbonyl (C=O) groups is 1. The minimum absolute atomic E-state index is 0.220. The van der Waals surface area contributed by atoms with Crippen molar-refractivity contribution in [1.82, 2.24) is 9.88 Å². The molecule has 2 heterocycles. The van der Waals surface area contributed by atoms with E-state index in [-0.39, 0.29) is 5.97 Å². The normalized spacial score (nSPS) is 23.3. The van der Waals surface area contributed by atoms with E-state index in [1.165, 1.54) is 31.7 Å². The van der Waals surface area contributed by atoms with E-state index < -0.39 is 5.60 Å². The van der Waals surface area contributed by atoms with Crippen molar-refractivity contribution in [2.45, 2.75) is 69.9 Å². The number of carbonyl (C=O) groups excluding carboxylic acids is 1. The molecule has 1 unspecified atom stereocenters. The lowest BCUT2D eigenvalue weighted by atomic mass is 9.85. The molecule has 0 N–H and O–H groups in total. The number of hydrogen-bond donors (Lipinski definition) is 0. The number of piperidine rings is 1. The molecule has 0 radical (unpaired) electrons. The van der Waals surface area contributed by atoms with Crippen LogP contribution in [0.25, 0.3) is 0 Å². The lowest BCUT2D eigenvalue weighted by Crippen LogP contribution is -2.36. The molecule has 2 fully saturated rings. The van der Waals surface area contributed by atoms with Gasteiger partial charge in [-0.2, -0.15) is 0 Å². The van der Waals surface area contributed by atoms with Gasteiger partial charge in [0, 0.05) is 25.4 Å². The molecule has 1 atom stereocenters. The summed E-state index contributed by atoms with van der Waals surface area (Å²) in [5.74, 6) is 6.46. The first kappa shape index (κ1) is 17.9. The van der Waals surface area contributed by atoms with Crippen LogP contribution in [0.5, 0.6) is 0 Å². The zero-order valence-electron chi connectivity index (χ0n) is 15.2. The van der Waals surface area contributed by atoms with Gasteiger partial charge in [-0.3, -0.25) is 14.7 Å². The van der Waals surface area contributed by atoms with Gasteiger partial charge in [0.25, 0.3) is 0 Å². The highest BCUT2D eigenvalue weighted by molar-refractivity contribution is 5.67. The van der Waals surface area contributed by atoms with Crippen LogP contribution in [0.15, 0.2) is 24.5 Å². The maximum Gasteiger partial charge on any atom is 0.304 e. The molecule has 4 nitrogen and oxygen atoms in total. The van der Waals surface area contributed by atoms with E-state index in [9.17, 15) is 4.79 Å². The highest BCUT2D eigenvalue weighted by atomic mass is 16.6. The van der Waals surface area contributed by atoms with Gasteiger partial charge >= 0.3 is 5.97 Å². The van der Waals surface area contributed by atoms with Crippen LogP contribution in [0.4, 0.5) is 0 Å². The molecule has 0 bridgehead atoms. The molecule has 1 saturated carbocycles. The van der Waals surface area contributed by atoms with Gasteiger partial charge in [0.05, 0.1) is 6.54 Å². The SMILES string of the molecule is CC(=O)OC1(C#CCN2CCCCC2c2cccnc2)CCCCC1. The number of nitrogens with zero attached hydrogens (tertiary/aromatic N) is 2. The fraction of sp³-hybridized carbons (Fsp3) is 0.619. The summed E-state index contributed by atoms with van der Waals surface area (Å²) in [7, 11) is 0. The molecule has 0 amide bonds. The predicted molar refractivity (Wildman–Crippen MR) is 97.8 cm³/mol. The van der Waals surface area contributed by atoms with Gasteiger partial charge < -0.3 is 4.74 Å². The Labute approximate surface area is 151 Å². The lowest BCUT2D eigenvalue weighted by molar-refractivity contribution is -0.153. The third-order valence-electron chi connectivity index (χ3n) is 5.28. The average molecular weight is 340 g/mol. The number of ether oxygens (including phenoxy) is 1. The zero-order valence-corrected chi connectivity index (χ0v) is 15.2. The Morgan fingerprint density at radius 2 is 2.16 bits per heavy atom. The van der Waals surface area contributed by atoms with Crippen LogP contribution in [-0.2, 0) is 9.53 Å². The summed E-state index contributed by atoms with van der Waals surface area (Å²) < 4.78 is 5.64. The van der Waals surface area contributed by atoms with Crippen LogP contribution in [-0.4, -0.2) is 34.5 Å². The van der Waals surface area contributed by atoms with Crippen molar-refractivity contribution >= 4 is 5.97 Å². The number of likely N-dealkylation sites (tertiary alicyclic amines) is 1.